The van der Waals surface area contributed by atoms with E-state index in [4.69, 9.17) is 4.74 Å². The number of aromatic nitrogens is 2. The molecule has 0 saturated carbocycles. The molecule has 0 radical (unpaired) electrons. The SMILES string of the molecule is CC(=O)N1CCOC2(CCCN(c3nncs3)C2)C1. The van der Waals surface area contributed by atoms with E-state index in [9.17, 15) is 4.79 Å². The first kappa shape index (κ1) is 12.8. The highest BCUT2D eigenvalue weighted by Crippen LogP contribution is 2.32. The second kappa shape index (κ2) is 5.05. The molecule has 1 atom stereocenters. The second-order valence-electron chi connectivity index (χ2n) is 5.22. The Kier molecular flexibility index (Phi) is 3.40. The predicted molar refractivity (Wildman–Crippen MR) is 72.3 cm³/mol. The normalized spacial score (nSPS) is 27.8. The summed E-state index contributed by atoms with van der Waals surface area (Å²) in [6, 6.07) is 0. The van der Waals surface area contributed by atoms with Gasteiger partial charge in [0.15, 0.2) is 0 Å². The van der Waals surface area contributed by atoms with Gasteiger partial charge in [-0.15, -0.1) is 10.2 Å². The van der Waals surface area contributed by atoms with E-state index in [1.807, 2.05) is 4.90 Å². The van der Waals surface area contributed by atoms with Gasteiger partial charge in [-0.2, -0.15) is 0 Å². The van der Waals surface area contributed by atoms with Gasteiger partial charge in [-0.25, -0.2) is 0 Å². The van der Waals surface area contributed by atoms with Crippen molar-refractivity contribution in [1.82, 2.24) is 15.1 Å². The lowest BCUT2D eigenvalue weighted by Gasteiger charge is -2.47. The highest BCUT2D eigenvalue weighted by molar-refractivity contribution is 7.13. The second-order valence-corrected chi connectivity index (χ2v) is 6.03. The topological polar surface area (TPSA) is 58.6 Å². The minimum absolute atomic E-state index is 0.135. The molecule has 1 amide bonds. The number of hydrogen-bond donors (Lipinski definition) is 0. The van der Waals surface area contributed by atoms with Gasteiger partial charge in [-0.3, -0.25) is 4.79 Å². The molecule has 1 aromatic heterocycles. The van der Waals surface area contributed by atoms with E-state index in [-0.39, 0.29) is 11.5 Å². The summed E-state index contributed by atoms with van der Waals surface area (Å²) in [7, 11) is 0. The summed E-state index contributed by atoms with van der Waals surface area (Å²) in [6.07, 6.45) is 2.07. The monoisotopic (exact) mass is 282 g/mol. The van der Waals surface area contributed by atoms with Crippen molar-refractivity contribution in [2.24, 2.45) is 0 Å². The average molecular weight is 282 g/mol. The molecule has 0 N–H and O–H groups in total. The van der Waals surface area contributed by atoms with Crippen LogP contribution >= 0.6 is 11.3 Å². The van der Waals surface area contributed by atoms with Gasteiger partial charge in [0.05, 0.1) is 19.7 Å². The smallest absolute Gasteiger partial charge is 0.219 e. The van der Waals surface area contributed by atoms with E-state index in [0.29, 0.717) is 19.7 Å². The Morgan fingerprint density at radius 3 is 3.11 bits per heavy atom. The van der Waals surface area contributed by atoms with E-state index in [1.165, 1.54) is 0 Å². The Balaban J connectivity index is 1.74. The summed E-state index contributed by atoms with van der Waals surface area (Å²) in [5.41, 5.74) is 1.52. The molecule has 3 rings (SSSR count). The van der Waals surface area contributed by atoms with Crippen LogP contribution < -0.4 is 4.90 Å². The lowest BCUT2D eigenvalue weighted by Crippen LogP contribution is -2.60. The molecule has 2 aliphatic heterocycles. The van der Waals surface area contributed by atoms with Gasteiger partial charge in [0, 0.05) is 20.0 Å². The van der Waals surface area contributed by atoms with Crippen LogP contribution in [-0.2, 0) is 9.53 Å². The Morgan fingerprint density at radius 1 is 1.47 bits per heavy atom. The van der Waals surface area contributed by atoms with E-state index >= 15 is 0 Å². The number of anilines is 1. The molecule has 1 spiro atoms. The fraction of sp³-hybridized carbons (Fsp3) is 0.750. The van der Waals surface area contributed by atoms with Crippen molar-refractivity contribution in [1.29, 1.82) is 0 Å². The number of carbonyl (C=O) groups is 1. The maximum absolute atomic E-state index is 11.6. The molecule has 0 bridgehead atoms. The van der Waals surface area contributed by atoms with Crippen molar-refractivity contribution < 1.29 is 9.53 Å². The van der Waals surface area contributed by atoms with Gasteiger partial charge in [-0.1, -0.05) is 11.3 Å². The molecule has 6 nitrogen and oxygen atoms in total. The molecule has 0 aromatic carbocycles. The third-order valence-corrected chi connectivity index (χ3v) is 4.60. The van der Waals surface area contributed by atoms with Gasteiger partial charge in [-0.05, 0) is 12.8 Å². The van der Waals surface area contributed by atoms with Crippen LogP contribution in [0.5, 0.6) is 0 Å². The fourth-order valence-electron chi connectivity index (χ4n) is 2.93. The van der Waals surface area contributed by atoms with Gasteiger partial charge in [0.1, 0.15) is 11.1 Å². The van der Waals surface area contributed by atoms with Crippen molar-refractivity contribution in [2.75, 3.05) is 37.7 Å². The minimum atomic E-state index is -0.228. The third kappa shape index (κ3) is 2.57. The zero-order chi connectivity index (χ0) is 13.3. The van der Waals surface area contributed by atoms with Crippen molar-refractivity contribution in [3.05, 3.63) is 5.51 Å². The number of carbonyl (C=O) groups excluding carboxylic acids is 1. The molecular weight excluding hydrogens is 264 g/mol. The van der Waals surface area contributed by atoms with Crippen molar-refractivity contribution in [2.45, 2.75) is 25.4 Å². The highest BCUT2D eigenvalue weighted by Gasteiger charge is 2.41. The molecule has 2 fully saturated rings. The van der Waals surface area contributed by atoms with E-state index in [0.717, 1.165) is 31.1 Å². The molecular formula is C12H18N4O2S. The molecule has 3 heterocycles. The Morgan fingerprint density at radius 2 is 2.37 bits per heavy atom. The number of nitrogens with zero attached hydrogens (tertiary/aromatic N) is 4. The van der Waals surface area contributed by atoms with Crippen molar-refractivity contribution in [3.63, 3.8) is 0 Å². The van der Waals surface area contributed by atoms with Gasteiger partial charge in [0.2, 0.25) is 11.0 Å². The zero-order valence-electron chi connectivity index (χ0n) is 11.0. The molecule has 104 valence electrons. The van der Waals surface area contributed by atoms with E-state index in [2.05, 4.69) is 15.1 Å². The Labute approximate surface area is 116 Å². The predicted octanol–water partition coefficient (Wildman–Crippen LogP) is 0.756. The number of ether oxygens (including phenoxy) is 1. The lowest BCUT2D eigenvalue weighted by molar-refractivity contribution is -0.150. The molecule has 1 unspecified atom stereocenters. The summed E-state index contributed by atoms with van der Waals surface area (Å²) in [4.78, 5) is 15.7. The number of morpholine rings is 1. The summed E-state index contributed by atoms with van der Waals surface area (Å²) in [5, 5.41) is 8.97. The van der Waals surface area contributed by atoms with Gasteiger partial charge >= 0.3 is 0 Å². The van der Waals surface area contributed by atoms with Gasteiger partial charge in [0.25, 0.3) is 0 Å². The minimum Gasteiger partial charge on any atom is -0.369 e. The fourth-order valence-corrected chi connectivity index (χ4v) is 3.51. The molecule has 1 aromatic rings. The molecule has 0 aliphatic carbocycles. The molecule has 7 heteroatoms. The van der Waals surface area contributed by atoms with Crippen LogP contribution in [0.3, 0.4) is 0 Å². The Hall–Kier alpha value is -1.21. The quantitative estimate of drug-likeness (QED) is 0.761. The summed E-state index contributed by atoms with van der Waals surface area (Å²) >= 11 is 1.55. The first-order valence-electron chi connectivity index (χ1n) is 6.59. The molecule has 2 aliphatic rings. The number of piperidine rings is 1. The van der Waals surface area contributed by atoms with Crippen LogP contribution in [0.2, 0.25) is 0 Å². The molecule has 2 saturated heterocycles. The molecule has 19 heavy (non-hydrogen) atoms. The third-order valence-electron chi connectivity index (χ3n) is 3.85. The zero-order valence-corrected chi connectivity index (χ0v) is 11.9. The van der Waals surface area contributed by atoms with Crippen molar-refractivity contribution >= 4 is 22.4 Å². The highest BCUT2D eigenvalue weighted by atomic mass is 32.1. The maximum atomic E-state index is 11.6. The summed E-state index contributed by atoms with van der Waals surface area (Å²) in [6.45, 7) is 5.44. The van der Waals surface area contributed by atoms with Crippen LogP contribution in [0.1, 0.15) is 19.8 Å². The standard InChI is InChI=1S/C12H18N4O2S/c1-10(17)15-5-6-18-12(7-15)3-2-4-16(8-12)11-14-13-9-19-11/h9H,2-8H2,1H3. The van der Waals surface area contributed by atoms with Crippen LogP contribution in [0.25, 0.3) is 0 Å². The van der Waals surface area contributed by atoms with E-state index in [1.54, 1.807) is 23.8 Å². The number of rotatable bonds is 1. The first-order chi connectivity index (χ1) is 9.19. The first-order valence-corrected chi connectivity index (χ1v) is 7.47. The lowest BCUT2D eigenvalue weighted by atomic mass is 9.91. The van der Waals surface area contributed by atoms with E-state index < -0.39 is 0 Å². The number of amides is 1. The van der Waals surface area contributed by atoms with Crippen LogP contribution in [0, 0.1) is 0 Å². The van der Waals surface area contributed by atoms with Crippen molar-refractivity contribution in [3.8, 4) is 0 Å². The van der Waals surface area contributed by atoms with Crippen LogP contribution in [0.15, 0.2) is 5.51 Å². The van der Waals surface area contributed by atoms with Crippen LogP contribution in [-0.4, -0.2) is 59.4 Å². The summed E-state index contributed by atoms with van der Waals surface area (Å²) < 4.78 is 6.04. The van der Waals surface area contributed by atoms with Crippen LogP contribution in [0.4, 0.5) is 5.13 Å². The van der Waals surface area contributed by atoms with Gasteiger partial charge < -0.3 is 14.5 Å². The summed E-state index contributed by atoms with van der Waals surface area (Å²) in [5.74, 6) is 0.135. The average Bonchev–Trinajstić information content (AvgIpc) is 2.93. The number of hydrogen-bond acceptors (Lipinski definition) is 6. The Bertz CT molecular complexity index is 449. The largest absolute Gasteiger partial charge is 0.369 e. The maximum Gasteiger partial charge on any atom is 0.219 e.